The molecule has 2 rings (SSSR count). The Hall–Kier alpha value is -1.03. The molecule has 100 valence electrons. The third-order valence-corrected chi connectivity index (χ3v) is 3.98. The van der Waals surface area contributed by atoms with Crippen LogP contribution in [0.1, 0.15) is 38.5 Å². The molecular formula is C13H19ClN2O2. The van der Waals surface area contributed by atoms with Gasteiger partial charge in [-0.15, -0.1) is 0 Å². The largest absolute Gasteiger partial charge is 0.342 e. The number of nitrogens with one attached hydrogen (secondary N) is 1. The molecule has 1 aliphatic heterocycles. The van der Waals surface area contributed by atoms with Gasteiger partial charge in [0.1, 0.15) is 5.54 Å². The minimum absolute atomic E-state index is 0.0115. The molecule has 4 nitrogen and oxygen atoms in total. The molecule has 2 aliphatic rings. The first kappa shape index (κ1) is 13.4. The number of rotatable bonds is 2. The van der Waals surface area contributed by atoms with Crippen molar-refractivity contribution >= 4 is 23.4 Å². The zero-order valence-electron chi connectivity index (χ0n) is 10.5. The van der Waals surface area contributed by atoms with E-state index in [-0.39, 0.29) is 11.8 Å². The van der Waals surface area contributed by atoms with Gasteiger partial charge in [-0.25, -0.2) is 0 Å². The molecule has 1 spiro atoms. The van der Waals surface area contributed by atoms with Crippen molar-refractivity contribution < 1.29 is 9.59 Å². The number of nitrogens with zero attached hydrogens (tertiary/aromatic N) is 1. The molecule has 0 radical (unpaired) electrons. The quantitative estimate of drug-likeness (QED) is 0.832. The standard InChI is InChI=1S/C13H19ClN2O2/c14-8-4-9-16-10-5-11(17)15-13(12(16)18)6-2-1-3-7-13/h4,8H,1-3,5-7,9-10H2,(H,15,17)/b8-4+. The molecule has 5 heteroatoms. The molecule has 2 amide bonds. The molecule has 0 unspecified atom stereocenters. The van der Waals surface area contributed by atoms with Gasteiger partial charge >= 0.3 is 0 Å². The number of halogens is 1. The van der Waals surface area contributed by atoms with Crippen molar-refractivity contribution in [3.63, 3.8) is 0 Å². The number of hydrogen-bond acceptors (Lipinski definition) is 2. The molecule has 1 saturated heterocycles. The lowest BCUT2D eigenvalue weighted by Crippen LogP contribution is -2.58. The second-order valence-corrected chi connectivity index (χ2v) is 5.31. The highest BCUT2D eigenvalue weighted by molar-refractivity contribution is 6.25. The van der Waals surface area contributed by atoms with Crippen LogP contribution in [0.3, 0.4) is 0 Å². The van der Waals surface area contributed by atoms with Gasteiger partial charge in [-0.2, -0.15) is 0 Å². The summed E-state index contributed by atoms with van der Waals surface area (Å²) in [5.41, 5.74) is 0.771. The fraction of sp³-hybridized carbons (Fsp3) is 0.692. The molecule has 0 aromatic rings. The third kappa shape index (κ3) is 2.69. The van der Waals surface area contributed by atoms with E-state index in [4.69, 9.17) is 11.6 Å². The van der Waals surface area contributed by atoms with Crippen molar-refractivity contribution in [1.82, 2.24) is 10.2 Å². The Labute approximate surface area is 112 Å². The maximum Gasteiger partial charge on any atom is 0.248 e. The first-order valence-electron chi connectivity index (χ1n) is 6.53. The van der Waals surface area contributed by atoms with Crippen LogP contribution in [0.5, 0.6) is 0 Å². The van der Waals surface area contributed by atoms with Crippen molar-refractivity contribution in [1.29, 1.82) is 0 Å². The van der Waals surface area contributed by atoms with E-state index in [1.54, 1.807) is 11.0 Å². The van der Waals surface area contributed by atoms with Crippen LogP contribution in [-0.2, 0) is 9.59 Å². The van der Waals surface area contributed by atoms with Gasteiger partial charge in [0.15, 0.2) is 0 Å². The maximum atomic E-state index is 12.6. The van der Waals surface area contributed by atoms with Crippen LogP contribution >= 0.6 is 11.6 Å². The Morgan fingerprint density at radius 2 is 2.00 bits per heavy atom. The first-order valence-corrected chi connectivity index (χ1v) is 6.97. The lowest BCUT2D eigenvalue weighted by Gasteiger charge is -2.37. The second kappa shape index (κ2) is 5.74. The monoisotopic (exact) mass is 270 g/mol. The summed E-state index contributed by atoms with van der Waals surface area (Å²) in [5.74, 6) is 0.0467. The lowest BCUT2D eigenvalue weighted by atomic mass is 9.80. The minimum atomic E-state index is -0.647. The highest BCUT2D eigenvalue weighted by atomic mass is 35.5. The molecule has 1 heterocycles. The minimum Gasteiger partial charge on any atom is -0.342 e. The van der Waals surface area contributed by atoms with E-state index in [1.165, 1.54) is 5.54 Å². The van der Waals surface area contributed by atoms with Crippen LogP contribution in [0.4, 0.5) is 0 Å². The normalized spacial score (nSPS) is 24.4. The molecule has 2 fully saturated rings. The van der Waals surface area contributed by atoms with Crippen molar-refractivity contribution in [2.45, 2.75) is 44.1 Å². The third-order valence-electron chi connectivity index (χ3n) is 3.81. The Balaban J connectivity index is 2.20. The van der Waals surface area contributed by atoms with Gasteiger partial charge in [-0.3, -0.25) is 9.59 Å². The summed E-state index contributed by atoms with van der Waals surface area (Å²) < 4.78 is 0. The molecule has 0 atom stereocenters. The molecule has 0 bridgehead atoms. The van der Waals surface area contributed by atoms with E-state index in [0.717, 1.165) is 32.1 Å². The summed E-state index contributed by atoms with van der Waals surface area (Å²) in [7, 11) is 0. The van der Waals surface area contributed by atoms with Crippen LogP contribution in [-0.4, -0.2) is 35.3 Å². The number of amides is 2. The van der Waals surface area contributed by atoms with Gasteiger partial charge in [0.25, 0.3) is 0 Å². The smallest absolute Gasteiger partial charge is 0.248 e. The van der Waals surface area contributed by atoms with Gasteiger partial charge in [-0.1, -0.05) is 36.9 Å². The van der Waals surface area contributed by atoms with E-state index in [1.807, 2.05) is 0 Å². The van der Waals surface area contributed by atoms with Crippen LogP contribution in [0.15, 0.2) is 11.6 Å². The predicted octanol–water partition coefficient (Wildman–Crippen LogP) is 1.79. The van der Waals surface area contributed by atoms with Crippen LogP contribution in [0.2, 0.25) is 0 Å². The zero-order valence-corrected chi connectivity index (χ0v) is 11.2. The Morgan fingerprint density at radius 3 is 2.67 bits per heavy atom. The summed E-state index contributed by atoms with van der Waals surface area (Å²) in [6, 6.07) is 0. The first-order chi connectivity index (χ1) is 8.68. The Bertz CT molecular complexity index is 362. The van der Waals surface area contributed by atoms with Crippen LogP contribution in [0, 0.1) is 0 Å². The number of carbonyl (C=O) groups excluding carboxylic acids is 2. The van der Waals surface area contributed by atoms with E-state index in [0.29, 0.717) is 19.5 Å². The molecule has 1 aliphatic carbocycles. The zero-order chi connectivity index (χ0) is 13.0. The lowest BCUT2D eigenvalue weighted by molar-refractivity contribution is -0.139. The molecule has 0 aromatic carbocycles. The fourth-order valence-electron chi connectivity index (χ4n) is 2.86. The summed E-state index contributed by atoms with van der Waals surface area (Å²) >= 11 is 5.51. The van der Waals surface area contributed by atoms with E-state index in [2.05, 4.69) is 5.32 Å². The molecule has 18 heavy (non-hydrogen) atoms. The predicted molar refractivity (Wildman–Crippen MR) is 70.1 cm³/mol. The van der Waals surface area contributed by atoms with Gasteiger partial charge in [0.2, 0.25) is 11.8 Å². The van der Waals surface area contributed by atoms with Gasteiger partial charge < -0.3 is 10.2 Å². The summed E-state index contributed by atoms with van der Waals surface area (Å²) in [6.45, 7) is 0.965. The summed E-state index contributed by atoms with van der Waals surface area (Å²) in [6.07, 6.45) is 6.80. The van der Waals surface area contributed by atoms with Gasteiger partial charge in [0, 0.05) is 25.0 Å². The molecule has 0 aromatic heterocycles. The average molecular weight is 271 g/mol. The van der Waals surface area contributed by atoms with Crippen LogP contribution in [0.25, 0.3) is 0 Å². The topological polar surface area (TPSA) is 49.4 Å². The van der Waals surface area contributed by atoms with Crippen molar-refractivity contribution in [2.24, 2.45) is 0 Å². The Morgan fingerprint density at radius 1 is 1.28 bits per heavy atom. The summed E-state index contributed by atoms with van der Waals surface area (Å²) in [4.78, 5) is 26.1. The van der Waals surface area contributed by atoms with E-state index < -0.39 is 5.54 Å². The maximum absolute atomic E-state index is 12.6. The van der Waals surface area contributed by atoms with Gasteiger partial charge in [0.05, 0.1) is 0 Å². The van der Waals surface area contributed by atoms with E-state index >= 15 is 0 Å². The van der Waals surface area contributed by atoms with Crippen molar-refractivity contribution in [3.8, 4) is 0 Å². The van der Waals surface area contributed by atoms with E-state index in [9.17, 15) is 9.59 Å². The SMILES string of the molecule is O=C1CCN(C/C=C/Cl)C(=O)C2(CCCCC2)N1. The number of carbonyl (C=O) groups is 2. The second-order valence-electron chi connectivity index (χ2n) is 5.05. The molecule has 1 N–H and O–H groups in total. The van der Waals surface area contributed by atoms with Crippen molar-refractivity contribution in [2.75, 3.05) is 13.1 Å². The van der Waals surface area contributed by atoms with Crippen molar-refractivity contribution in [3.05, 3.63) is 11.6 Å². The average Bonchev–Trinajstić information content (AvgIpc) is 2.48. The number of hydrogen-bond donors (Lipinski definition) is 1. The summed E-state index contributed by atoms with van der Waals surface area (Å²) in [5, 5.41) is 2.96. The van der Waals surface area contributed by atoms with Crippen LogP contribution < -0.4 is 5.32 Å². The molecule has 1 saturated carbocycles. The highest BCUT2D eigenvalue weighted by Gasteiger charge is 2.44. The Kier molecular flexibility index (Phi) is 4.27. The van der Waals surface area contributed by atoms with Gasteiger partial charge in [-0.05, 0) is 12.8 Å². The highest BCUT2D eigenvalue weighted by Crippen LogP contribution is 2.31. The molecular weight excluding hydrogens is 252 g/mol. The fourth-order valence-corrected chi connectivity index (χ4v) is 2.94.